The minimum atomic E-state index is -0.500. The summed E-state index contributed by atoms with van der Waals surface area (Å²) in [5.74, 6) is -0.397. The first-order valence-electron chi connectivity index (χ1n) is 6.22. The summed E-state index contributed by atoms with van der Waals surface area (Å²) in [5, 5.41) is 0. The summed E-state index contributed by atoms with van der Waals surface area (Å²) in [6.07, 6.45) is 5.62. The van der Waals surface area contributed by atoms with Gasteiger partial charge in [-0.15, -0.1) is 6.58 Å². The Labute approximate surface area is 111 Å². The molecular formula is C13H16FN3O2. The summed E-state index contributed by atoms with van der Waals surface area (Å²) >= 11 is 0. The molecule has 0 radical (unpaired) electrons. The number of rotatable bonds is 5. The maximum absolute atomic E-state index is 12.6. The number of likely N-dealkylation sites (tertiary alicyclic amines) is 1. The van der Waals surface area contributed by atoms with E-state index in [1.165, 1.54) is 0 Å². The molecule has 0 bridgehead atoms. The molecule has 1 aliphatic rings. The molecule has 1 atom stereocenters. The van der Waals surface area contributed by atoms with Crippen molar-refractivity contribution in [1.82, 2.24) is 14.9 Å². The highest BCUT2D eigenvalue weighted by Crippen LogP contribution is 2.16. The number of ether oxygens (including phenoxy) is 1. The Morgan fingerprint density at radius 1 is 1.58 bits per heavy atom. The molecule has 1 aromatic rings. The molecule has 1 saturated heterocycles. The maximum atomic E-state index is 12.6. The summed E-state index contributed by atoms with van der Waals surface area (Å²) in [6, 6.07) is 0.145. The first kappa shape index (κ1) is 13.5. The zero-order chi connectivity index (χ0) is 13.7. The van der Waals surface area contributed by atoms with Gasteiger partial charge in [0.2, 0.25) is 5.91 Å². The minimum Gasteiger partial charge on any atom is -0.458 e. The molecule has 6 heteroatoms. The SMILES string of the molecule is C=CCCC(=O)N1CC[C@H](Oc2ncc(F)cn2)C1. The molecule has 0 aliphatic carbocycles. The molecule has 1 amide bonds. The Kier molecular flexibility index (Phi) is 4.43. The van der Waals surface area contributed by atoms with Gasteiger partial charge < -0.3 is 9.64 Å². The Balaban J connectivity index is 1.83. The highest BCUT2D eigenvalue weighted by molar-refractivity contribution is 5.76. The van der Waals surface area contributed by atoms with E-state index >= 15 is 0 Å². The van der Waals surface area contributed by atoms with Gasteiger partial charge in [0, 0.05) is 19.4 Å². The molecule has 0 saturated carbocycles. The molecule has 102 valence electrons. The number of aromatic nitrogens is 2. The number of hydrogen-bond acceptors (Lipinski definition) is 4. The predicted molar refractivity (Wildman–Crippen MR) is 67.0 cm³/mol. The molecule has 2 heterocycles. The number of carbonyl (C=O) groups excluding carboxylic acids is 1. The lowest BCUT2D eigenvalue weighted by atomic mass is 10.3. The van der Waals surface area contributed by atoms with Crippen molar-refractivity contribution in [3.63, 3.8) is 0 Å². The predicted octanol–water partition coefficient (Wildman–Crippen LogP) is 1.56. The highest BCUT2D eigenvalue weighted by Gasteiger charge is 2.27. The Hall–Kier alpha value is -1.98. The molecule has 1 aliphatic heterocycles. The van der Waals surface area contributed by atoms with E-state index in [9.17, 15) is 9.18 Å². The fraction of sp³-hybridized carbons (Fsp3) is 0.462. The van der Waals surface area contributed by atoms with Crippen LogP contribution in [-0.2, 0) is 4.79 Å². The zero-order valence-electron chi connectivity index (χ0n) is 10.6. The smallest absolute Gasteiger partial charge is 0.316 e. The van der Waals surface area contributed by atoms with E-state index < -0.39 is 5.82 Å². The summed E-state index contributed by atoms with van der Waals surface area (Å²) < 4.78 is 18.2. The van der Waals surface area contributed by atoms with Crippen LogP contribution in [0.3, 0.4) is 0 Å². The maximum Gasteiger partial charge on any atom is 0.316 e. The van der Waals surface area contributed by atoms with E-state index in [-0.39, 0.29) is 18.0 Å². The molecule has 19 heavy (non-hydrogen) atoms. The lowest BCUT2D eigenvalue weighted by Gasteiger charge is -2.16. The van der Waals surface area contributed by atoms with Crippen LogP contribution in [0.1, 0.15) is 19.3 Å². The van der Waals surface area contributed by atoms with Gasteiger partial charge in [-0.1, -0.05) is 6.08 Å². The third-order valence-corrected chi connectivity index (χ3v) is 2.93. The lowest BCUT2D eigenvalue weighted by molar-refractivity contribution is -0.130. The normalized spacial score (nSPS) is 18.4. The van der Waals surface area contributed by atoms with E-state index in [0.29, 0.717) is 25.9 Å². The second kappa shape index (κ2) is 6.26. The van der Waals surface area contributed by atoms with Crippen molar-refractivity contribution in [2.75, 3.05) is 13.1 Å². The molecule has 5 nitrogen and oxygen atoms in total. The number of amides is 1. The minimum absolute atomic E-state index is 0.103. The Morgan fingerprint density at radius 3 is 3.00 bits per heavy atom. The fourth-order valence-electron chi connectivity index (χ4n) is 1.94. The number of nitrogens with zero attached hydrogens (tertiary/aromatic N) is 3. The van der Waals surface area contributed by atoms with Crippen LogP contribution >= 0.6 is 0 Å². The van der Waals surface area contributed by atoms with Crippen molar-refractivity contribution in [2.24, 2.45) is 0 Å². The Morgan fingerprint density at radius 2 is 2.32 bits per heavy atom. The van der Waals surface area contributed by atoms with Crippen molar-refractivity contribution in [1.29, 1.82) is 0 Å². The number of halogens is 1. The molecule has 0 unspecified atom stereocenters. The van der Waals surface area contributed by atoms with Crippen LogP contribution in [0.15, 0.2) is 25.0 Å². The second-order valence-electron chi connectivity index (χ2n) is 4.38. The number of allylic oxidation sites excluding steroid dienone is 1. The van der Waals surface area contributed by atoms with Crippen LogP contribution in [0.5, 0.6) is 6.01 Å². The van der Waals surface area contributed by atoms with Crippen molar-refractivity contribution >= 4 is 5.91 Å². The van der Waals surface area contributed by atoms with E-state index in [2.05, 4.69) is 16.5 Å². The van der Waals surface area contributed by atoms with Crippen LogP contribution in [-0.4, -0.2) is 40.0 Å². The van der Waals surface area contributed by atoms with Crippen LogP contribution in [0.4, 0.5) is 4.39 Å². The van der Waals surface area contributed by atoms with E-state index in [4.69, 9.17) is 4.74 Å². The van der Waals surface area contributed by atoms with Gasteiger partial charge in [-0.05, 0) is 6.42 Å². The largest absolute Gasteiger partial charge is 0.458 e. The van der Waals surface area contributed by atoms with Gasteiger partial charge in [0.05, 0.1) is 18.9 Å². The first-order valence-corrected chi connectivity index (χ1v) is 6.22. The quantitative estimate of drug-likeness (QED) is 0.758. The van der Waals surface area contributed by atoms with Gasteiger partial charge in [0.15, 0.2) is 5.82 Å². The van der Waals surface area contributed by atoms with Gasteiger partial charge >= 0.3 is 6.01 Å². The van der Waals surface area contributed by atoms with Gasteiger partial charge in [-0.2, -0.15) is 0 Å². The van der Waals surface area contributed by atoms with Gasteiger partial charge in [-0.25, -0.2) is 14.4 Å². The van der Waals surface area contributed by atoms with Crippen molar-refractivity contribution in [3.05, 3.63) is 30.9 Å². The Bertz CT molecular complexity index is 450. The molecule has 0 N–H and O–H groups in total. The molecule has 1 fully saturated rings. The number of hydrogen-bond donors (Lipinski definition) is 0. The van der Waals surface area contributed by atoms with Crippen LogP contribution in [0, 0.1) is 5.82 Å². The molecule has 1 aromatic heterocycles. The van der Waals surface area contributed by atoms with Crippen molar-refractivity contribution < 1.29 is 13.9 Å². The fourth-order valence-corrected chi connectivity index (χ4v) is 1.94. The highest BCUT2D eigenvalue weighted by atomic mass is 19.1. The molecule has 0 aromatic carbocycles. The molecule has 2 rings (SSSR count). The van der Waals surface area contributed by atoms with E-state index in [1.54, 1.807) is 11.0 Å². The third-order valence-electron chi connectivity index (χ3n) is 2.93. The van der Waals surface area contributed by atoms with Crippen molar-refractivity contribution in [3.8, 4) is 6.01 Å². The molecular weight excluding hydrogens is 249 g/mol. The van der Waals surface area contributed by atoms with Gasteiger partial charge in [0.1, 0.15) is 6.10 Å². The van der Waals surface area contributed by atoms with Crippen molar-refractivity contribution in [2.45, 2.75) is 25.4 Å². The van der Waals surface area contributed by atoms with Gasteiger partial charge in [0.25, 0.3) is 0 Å². The molecule has 0 spiro atoms. The van der Waals surface area contributed by atoms with Crippen LogP contribution in [0.2, 0.25) is 0 Å². The van der Waals surface area contributed by atoms with Gasteiger partial charge in [-0.3, -0.25) is 4.79 Å². The van der Waals surface area contributed by atoms with Crippen LogP contribution < -0.4 is 4.74 Å². The topological polar surface area (TPSA) is 55.3 Å². The van der Waals surface area contributed by atoms with Crippen LogP contribution in [0.25, 0.3) is 0 Å². The summed E-state index contributed by atoms with van der Waals surface area (Å²) in [5.41, 5.74) is 0. The number of carbonyl (C=O) groups is 1. The average Bonchev–Trinajstić information content (AvgIpc) is 2.87. The third kappa shape index (κ3) is 3.74. The lowest BCUT2D eigenvalue weighted by Crippen LogP contribution is -2.30. The first-order chi connectivity index (χ1) is 9.19. The summed E-state index contributed by atoms with van der Waals surface area (Å²) in [7, 11) is 0. The standard InChI is InChI=1S/C13H16FN3O2/c1-2-3-4-12(18)17-6-5-11(9-17)19-13-15-7-10(14)8-16-13/h2,7-8,11H,1,3-6,9H2/t11-/m0/s1. The summed E-state index contributed by atoms with van der Waals surface area (Å²) in [4.78, 5) is 21.0. The second-order valence-corrected chi connectivity index (χ2v) is 4.38. The zero-order valence-corrected chi connectivity index (χ0v) is 10.6. The van der Waals surface area contributed by atoms with E-state index in [1.807, 2.05) is 0 Å². The van der Waals surface area contributed by atoms with E-state index in [0.717, 1.165) is 18.8 Å². The monoisotopic (exact) mass is 265 g/mol. The summed E-state index contributed by atoms with van der Waals surface area (Å²) in [6.45, 7) is 4.79. The average molecular weight is 265 g/mol.